The molecule has 0 bridgehead atoms. The Kier molecular flexibility index (Phi) is 3.76. The first kappa shape index (κ1) is 15.4. The normalized spacial score (nSPS) is 14.9. The van der Waals surface area contributed by atoms with Gasteiger partial charge in [0, 0.05) is 62.7 Å². The summed E-state index contributed by atoms with van der Waals surface area (Å²) in [6.07, 6.45) is 4.99. The van der Waals surface area contributed by atoms with Gasteiger partial charge in [-0.25, -0.2) is 4.98 Å². The summed E-state index contributed by atoms with van der Waals surface area (Å²) < 4.78 is 1.98. The average molecular weight is 337 g/mol. The van der Waals surface area contributed by atoms with Crippen molar-refractivity contribution in [2.45, 2.75) is 0 Å². The number of para-hydroxylation sites is 1. The number of aromatic nitrogens is 3. The Morgan fingerprint density at radius 1 is 1.16 bits per heavy atom. The number of amides is 1. The largest absolute Gasteiger partial charge is 0.350 e. The van der Waals surface area contributed by atoms with Crippen LogP contribution in [0.2, 0.25) is 0 Å². The van der Waals surface area contributed by atoms with Crippen LogP contribution >= 0.6 is 0 Å². The summed E-state index contributed by atoms with van der Waals surface area (Å²) in [5.41, 5.74) is 1.57. The van der Waals surface area contributed by atoms with Gasteiger partial charge in [0.05, 0.1) is 5.56 Å². The fraction of sp³-hybridized carbons (Fsp3) is 0.278. The molecule has 1 aromatic carbocycles. The minimum Gasteiger partial charge on any atom is -0.350 e. The van der Waals surface area contributed by atoms with Gasteiger partial charge in [0.2, 0.25) is 0 Å². The third-order valence-electron chi connectivity index (χ3n) is 4.68. The number of benzene rings is 1. The van der Waals surface area contributed by atoms with E-state index in [0.29, 0.717) is 32.0 Å². The van der Waals surface area contributed by atoms with E-state index in [1.165, 1.54) is 6.20 Å². The van der Waals surface area contributed by atoms with Gasteiger partial charge >= 0.3 is 0 Å². The van der Waals surface area contributed by atoms with E-state index in [2.05, 4.69) is 9.97 Å². The number of hydrogen-bond acceptors (Lipinski definition) is 4. The van der Waals surface area contributed by atoms with E-state index < -0.39 is 0 Å². The van der Waals surface area contributed by atoms with Crippen molar-refractivity contribution in [1.29, 1.82) is 0 Å². The zero-order valence-electron chi connectivity index (χ0n) is 14.0. The number of rotatable bonds is 2. The highest BCUT2D eigenvalue weighted by Gasteiger charge is 2.25. The molecular formula is C18H19N5O2. The first-order chi connectivity index (χ1) is 12.1. The van der Waals surface area contributed by atoms with Gasteiger partial charge in [-0.1, -0.05) is 18.2 Å². The van der Waals surface area contributed by atoms with Crippen LogP contribution in [0.15, 0.2) is 47.7 Å². The van der Waals surface area contributed by atoms with E-state index >= 15 is 0 Å². The molecule has 2 aromatic heterocycles. The molecule has 0 spiro atoms. The van der Waals surface area contributed by atoms with Gasteiger partial charge in [0.15, 0.2) is 5.82 Å². The van der Waals surface area contributed by atoms with Gasteiger partial charge in [0.25, 0.3) is 11.5 Å². The molecule has 0 radical (unpaired) electrons. The minimum atomic E-state index is -0.198. The van der Waals surface area contributed by atoms with Gasteiger partial charge < -0.3 is 19.4 Å². The summed E-state index contributed by atoms with van der Waals surface area (Å²) in [7, 11) is 1.95. The van der Waals surface area contributed by atoms with Crippen molar-refractivity contribution in [1.82, 2.24) is 19.4 Å². The number of aromatic amines is 1. The molecular weight excluding hydrogens is 318 g/mol. The first-order valence-electron chi connectivity index (χ1n) is 8.27. The highest BCUT2D eigenvalue weighted by atomic mass is 16.2. The van der Waals surface area contributed by atoms with Crippen molar-refractivity contribution in [3.8, 4) is 0 Å². The van der Waals surface area contributed by atoms with E-state index in [0.717, 1.165) is 16.5 Å². The number of anilines is 1. The molecule has 0 atom stereocenters. The molecule has 4 rings (SSSR count). The van der Waals surface area contributed by atoms with Crippen LogP contribution in [0.5, 0.6) is 0 Å². The summed E-state index contributed by atoms with van der Waals surface area (Å²) in [5, 5.41) is 0.971. The second-order valence-corrected chi connectivity index (χ2v) is 6.19. The maximum atomic E-state index is 12.9. The van der Waals surface area contributed by atoms with Crippen molar-refractivity contribution in [3.63, 3.8) is 0 Å². The number of nitrogens with one attached hydrogen (secondary N) is 1. The quantitative estimate of drug-likeness (QED) is 0.763. The van der Waals surface area contributed by atoms with Gasteiger partial charge in [-0.3, -0.25) is 9.59 Å². The highest BCUT2D eigenvalue weighted by Crippen LogP contribution is 2.22. The topological polar surface area (TPSA) is 74.2 Å². The summed E-state index contributed by atoms with van der Waals surface area (Å²) in [6, 6.07) is 7.91. The van der Waals surface area contributed by atoms with E-state index in [9.17, 15) is 9.59 Å². The van der Waals surface area contributed by atoms with Crippen molar-refractivity contribution >= 4 is 22.6 Å². The van der Waals surface area contributed by atoms with E-state index in [1.54, 1.807) is 6.20 Å². The molecule has 1 fully saturated rings. The average Bonchev–Trinajstić information content (AvgIpc) is 2.99. The number of carbonyl (C=O) groups excluding carboxylic acids is 1. The van der Waals surface area contributed by atoms with Crippen molar-refractivity contribution in [2.24, 2.45) is 7.05 Å². The number of hydrogen-bond donors (Lipinski definition) is 1. The van der Waals surface area contributed by atoms with E-state index in [-0.39, 0.29) is 11.5 Å². The Morgan fingerprint density at radius 2 is 1.92 bits per heavy atom. The standard InChI is InChI=1S/C18H19N5O2/c1-21-12-14(13-4-2-3-5-15(13)21)18(25)23-10-8-22(9-11-23)16-17(24)20-7-6-19-16/h2-7,12H,8-11H2,1H3,(H,20,24). The molecule has 3 heterocycles. The van der Waals surface area contributed by atoms with Gasteiger partial charge in [0.1, 0.15) is 0 Å². The molecule has 3 aromatic rings. The maximum absolute atomic E-state index is 12.9. The molecule has 0 saturated carbocycles. The highest BCUT2D eigenvalue weighted by molar-refractivity contribution is 6.07. The number of piperazine rings is 1. The van der Waals surface area contributed by atoms with E-state index in [4.69, 9.17) is 0 Å². The lowest BCUT2D eigenvalue weighted by atomic mass is 10.1. The predicted molar refractivity (Wildman–Crippen MR) is 95.9 cm³/mol. The summed E-state index contributed by atoms with van der Waals surface area (Å²) >= 11 is 0. The molecule has 128 valence electrons. The zero-order valence-corrected chi connectivity index (χ0v) is 14.0. The van der Waals surface area contributed by atoms with Crippen molar-refractivity contribution in [3.05, 3.63) is 58.8 Å². The molecule has 7 nitrogen and oxygen atoms in total. The van der Waals surface area contributed by atoms with Crippen LogP contribution < -0.4 is 10.5 Å². The molecule has 1 amide bonds. The van der Waals surface area contributed by atoms with Crippen LogP contribution in [0.25, 0.3) is 10.9 Å². The van der Waals surface area contributed by atoms with Crippen LogP contribution in [0, 0.1) is 0 Å². The molecule has 1 aliphatic rings. The fourth-order valence-electron chi connectivity index (χ4n) is 3.37. The molecule has 25 heavy (non-hydrogen) atoms. The summed E-state index contributed by atoms with van der Waals surface area (Å²) in [6.45, 7) is 2.32. The lowest BCUT2D eigenvalue weighted by Gasteiger charge is -2.34. The Bertz CT molecular complexity index is 982. The summed E-state index contributed by atoms with van der Waals surface area (Å²) in [4.78, 5) is 35.4. The fourth-order valence-corrected chi connectivity index (χ4v) is 3.37. The third kappa shape index (κ3) is 2.67. The Labute approximate surface area is 144 Å². The van der Waals surface area contributed by atoms with Crippen LogP contribution in [0.4, 0.5) is 5.82 Å². The van der Waals surface area contributed by atoms with Crippen LogP contribution in [0.3, 0.4) is 0 Å². The van der Waals surface area contributed by atoms with Crippen LogP contribution in [-0.4, -0.2) is 51.5 Å². The summed E-state index contributed by atoms with van der Waals surface area (Å²) in [5.74, 6) is 0.450. The van der Waals surface area contributed by atoms with Crippen LogP contribution in [0.1, 0.15) is 10.4 Å². The van der Waals surface area contributed by atoms with E-state index in [1.807, 2.05) is 51.9 Å². The molecule has 0 unspecified atom stereocenters. The minimum absolute atomic E-state index is 0.0337. The third-order valence-corrected chi connectivity index (χ3v) is 4.68. The lowest BCUT2D eigenvalue weighted by molar-refractivity contribution is 0.0748. The van der Waals surface area contributed by atoms with Crippen molar-refractivity contribution < 1.29 is 4.79 Å². The molecule has 1 N–H and O–H groups in total. The second-order valence-electron chi connectivity index (χ2n) is 6.19. The molecule has 7 heteroatoms. The Morgan fingerprint density at radius 3 is 2.68 bits per heavy atom. The molecule has 1 saturated heterocycles. The van der Waals surface area contributed by atoms with Gasteiger partial charge in [-0.2, -0.15) is 0 Å². The lowest BCUT2D eigenvalue weighted by Crippen LogP contribution is -2.50. The van der Waals surface area contributed by atoms with Crippen LogP contribution in [-0.2, 0) is 7.05 Å². The first-order valence-corrected chi connectivity index (χ1v) is 8.27. The smallest absolute Gasteiger partial charge is 0.290 e. The molecule has 1 aliphatic heterocycles. The van der Waals surface area contributed by atoms with Gasteiger partial charge in [-0.05, 0) is 6.07 Å². The number of nitrogens with zero attached hydrogens (tertiary/aromatic N) is 4. The number of fused-ring (bicyclic) bond motifs is 1. The number of aryl methyl sites for hydroxylation is 1. The predicted octanol–water partition coefficient (Wildman–Crippen LogP) is 1.22. The number of H-pyrrole nitrogens is 1. The Hall–Kier alpha value is -3.09. The van der Waals surface area contributed by atoms with Crippen molar-refractivity contribution in [2.75, 3.05) is 31.1 Å². The second kappa shape index (κ2) is 6.08. The molecule has 0 aliphatic carbocycles. The maximum Gasteiger partial charge on any atom is 0.290 e. The Balaban J connectivity index is 1.53. The zero-order chi connectivity index (χ0) is 17.4. The number of carbonyl (C=O) groups is 1. The monoisotopic (exact) mass is 337 g/mol. The SMILES string of the molecule is Cn1cc(C(=O)N2CCN(c3ncc[nH]c3=O)CC2)c2ccccc21. The van der Waals surface area contributed by atoms with Gasteiger partial charge in [-0.15, -0.1) is 0 Å².